The minimum Gasteiger partial charge on any atom is -0.486 e. The van der Waals surface area contributed by atoms with E-state index in [9.17, 15) is 14.7 Å². The molecule has 3 aromatic carbocycles. The molecule has 2 heterocycles. The molecule has 0 bridgehead atoms. The number of aliphatic hydroxyl groups is 1. The number of benzene rings is 3. The molecule has 0 aliphatic carbocycles. The maximum Gasteiger partial charge on any atom is 0.255 e. The number of nitrogens with zero attached hydrogens (tertiary/aromatic N) is 1. The summed E-state index contributed by atoms with van der Waals surface area (Å²) in [7, 11) is 0. The van der Waals surface area contributed by atoms with Gasteiger partial charge in [0.25, 0.3) is 11.8 Å². The zero-order chi connectivity index (χ0) is 25.1. The highest BCUT2D eigenvalue weighted by atomic mass is 16.6. The summed E-state index contributed by atoms with van der Waals surface area (Å²) in [6.07, 6.45) is 0.553. The van der Waals surface area contributed by atoms with Gasteiger partial charge in [-0.1, -0.05) is 24.3 Å². The zero-order valence-corrected chi connectivity index (χ0v) is 19.7. The van der Waals surface area contributed by atoms with Crippen LogP contribution in [-0.4, -0.2) is 41.7 Å². The number of fused-ring (bicyclic) bond motifs is 2. The predicted molar refractivity (Wildman–Crippen MR) is 136 cm³/mol. The minimum atomic E-state index is -0.964. The molecule has 0 saturated carbocycles. The number of hydrogen-bond donors (Lipinski definition) is 3. The number of carbonyl (C=O) groups excluding carboxylic acids is 2. The molecular formula is C28H25N3O5. The molecule has 5 rings (SSSR count). The van der Waals surface area contributed by atoms with Gasteiger partial charge in [-0.3, -0.25) is 14.6 Å². The average Bonchev–Trinajstić information content (AvgIpc) is 2.92. The Morgan fingerprint density at radius 3 is 2.61 bits per heavy atom. The first kappa shape index (κ1) is 23.3. The lowest BCUT2D eigenvalue weighted by atomic mass is 10.0. The first-order chi connectivity index (χ1) is 17.5. The van der Waals surface area contributed by atoms with Crippen LogP contribution < -0.4 is 20.1 Å². The van der Waals surface area contributed by atoms with Gasteiger partial charge in [0.15, 0.2) is 11.5 Å². The molecule has 1 unspecified atom stereocenters. The Morgan fingerprint density at radius 1 is 0.944 bits per heavy atom. The average molecular weight is 484 g/mol. The fourth-order valence-electron chi connectivity index (χ4n) is 4.06. The van der Waals surface area contributed by atoms with Crippen molar-refractivity contribution in [2.24, 2.45) is 0 Å². The molecule has 1 aromatic heterocycles. The summed E-state index contributed by atoms with van der Waals surface area (Å²) in [6, 6.07) is 19.6. The van der Waals surface area contributed by atoms with Crippen LogP contribution in [0, 0.1) is 6.92 Å². The van der Waals surface area contributed by atoms with E-state index in [1.807, 2.05) is 37.3 Å². The highest BCUT2D eigenvalue weighted by Gasteiger charge is 2.17. The van der Waals surface area contributed by atoms with E-state index >= 15 is 0 Å². The van der Waals surface area contributed by atoms with Crippen molar-refractivity contribution in [2.45, 2.75) is 13.0 Å². The number of aliphatic hydroxyl groups excluding tert-OH is 1. The highest BCUT2D eigenvalue weighted by Crippen LogP contribution is 2.31. The number of aryl methyl sites for hydroxylation is 1. The van der Waals surface area contributed by atoms with E-state index in [2.05, 4.69) is 15.6 Å². The summed E-state index contributed by atoms with van der Waals surface area (Å²) in [5.41, 5.74) is 3.61. The summed E-state index contributed by atoms with van der Waals surface area (Å²) >= 11 is 0. The molecule has 182 valence electrons. The van der Waals surface area contributed by atoms with E-state index in [0.717, 1.165) is 16.5 Å². The van der Waals surface area contributed by atoms with Crippen LogP contribution in [0.25, 0.3) is 10.9 Å². The van der Waals surface area contributed by atoms with Gasteiger partial charge in [-0.25, -0.2) is 0 Å². The van der Waals surface area contributed by atoms with Crippen LogP contribution in [0.2, 0.25) is 0 Å². The van der Waals surface area contributed by atoms with Crippen LogP contribution in [0.5, 0.6) is 11.5 Å². The van der Waals surface area contributed by atoms with Crippen LogP contribution in [0.15, 0.2) is 72.9 Å². The first-order valence-electron chi connectivity index (χ1n) is 11.6. The van der Waals surface area contributed by atoms with Gasteiger partial charge in [0.1, 0.15) is 13.2 Å². The smallest absolute Gasteiger partial charge is 0.255 e. The Labute approximate surface area is 207 Å². The third kappa shape index (κ3) is 4.99. The molecule has 3 N–H and O–H groups in total. The van der Waals surface area contributed by atoms with Gasteiger partial charge in [0.05, 0.1) is 17.2 Å². The number of nitrogens with one attached hydrogen (secondary N) is 2. The Hall–Kier alpha value is -4.43. The monoisotopic (exact) mass is 483 g/mol. The maximum atomic E-state index is 12.8. The Balaban J connectivity index is 1.25. The lowest BCUT2D eigenvalue weighted by molar-refractivity contribution is 0.0915. The summed E-state index contributed by atoms with van der Waals surface area (Å²) < 4.78 is 11.1. The number of anilines is 1. The maximum absolute atomic E-state index is 12.8. The fourth-order valence-corrected chi connectivity index (χ4v) is 4.06. The Kier molecular flexibility index (Phi) is 6.51. The predicted octanol–water partition coefficient (Wildman–Crippen LogP) is 4.03. The van der Waals surface area contributed by atoms with Crippen molar-refractivity contribution in [1.29, 1.82) is 0 Å². The van der Waals surface area contributed by atoms with Crippen LogP contribution in [0.1, 0.15) is 37.9 Å². The van der Waals surface area contributed by atoms with Crippen molar-refractivity contribution in [3.8, 4) is 11.5 Å². The van der Waals surface area contributed by atoms with Gasteiger partial charge in [-0.15, -0.1) is 0 Å². The van der Waals surface area contributed by atoms with E-state index in [-0.39, 0.29) is 18.4 Å². The molecule has 2 amide bonds. The molecule has 4 aromatic rings. The molecule has 1 atom stereocenters. The molecular weight excluding hydrogens is 458 g/mol. The quantitative estimate of drug-likeness (QED) is 0.382. The number of para-hydroxylation sites is 1. The molecule has 1 aliphatic heterocycles. The molecule has 0 saturated heterocycles. The second-order valence-corrected chi connectivity index (χ2v) is 8.53. The van der Waals surface area contributed by atoms with Crippen molar-refractivity contribution in [3.63, 3.8) is 0 Å². The van der Waals surface area contributed by atoms with Gasteiger partial charge < -0.3 is 25.2 Å². The Morgan fingerprint density at radius 2 is 1.75 bits per heavy atom. The van der Waals surface area contributed by atoms with Gasteiger partial charge in [0, 0.05) is 29.4 Å². The zero-order valence-electron chi connectivity index (χ0n) is 19.7. The van der Waals surface area contributed by atoms with Gasteiger partial charge in [0.2, 0.25) is 0 Å². The SMILES string of the molecule is Cc1ccc(NC(=O)c2ccc3c(c2)OCCO3)cc1C(O)CNC(=O)c1cnc2ccccc2c1. The van der Waals surface area contributed by atoms with Crippen molar-refractivity contribution < 1.29 is 24.2 Å². The van der Waals surface area contributed by atoms with Gasteiger partial charge in [-0.05, 0) is 60.5 Å². The molecule has 36 heavy (non-hydrogen) atoms. The summed E-state index contributed by atoms with van der Waals surface area (Å²) in [6.45, 7) is 2.78. The van der Waals surface area contributed by atoms with Crippen LogP contribution >= 0.6 is 0 Å². The topological polar surface area (TPSA) is 110 Å². The third-order valence-corrected chi connectivity index (χ3v) is 6.01. The number of pyridine rings is 1. The molecule has 8 nitrogen and oxygen atoms in total. The number of amides is 2. The minimum absolute atomic E-state index is 0.00601. The summed E-state index contributed by atoms with van der Waals surface area (Å²) in [5.74, 6) is 0.507. The fraction of sp³-hybridized carbons (Fsp3) is 0.179. The summed E-state index contributed by atoms with van der Waals surface area (Å²) in [4.78, 5) is 29.8. The lowest BCUT2D eigenvalue weighted by Gasteiger charge is -2.19. The third-order valence-electron chi connectivity index (χ3n) is 6.01. The van der Waals surface area contributed by atoms with E-state index in [0.29, 0.717) is 47.1 Å². The van der Waals surface area contributed by atoms with Gasteiger partial charge in [-0.2, -0.15) is 0 Å². The van der Waals surface area contributed by atoms with Crippen molar-refractivity contribution >= 4 is 28.4 Å². The van der Waals surface area contributed by atoms with Crippen molar-refractivity contribution in [1.82, 2.24) is 10.3 Å². The number of rotatable bonds is 6. The van der Waals surface area contributed by atoms with Crippen molar-refractivity contribution in [3.05, 3.63) is 95.2 Å². The van der Waals surface area contributed by atoms with Crippen LogP contribution in [0.4, 0.5) is 5.69 Å². The molecule has 0 spiro atoms. The number of ether oxygens (including phenoxy) is 2. The second kappa shape index (κ2) is 10.1. The number of aromatic nitrogens is 1. The van der Waals surface area contributed by atoms with Gasteiger partial charge >= 0.3 is 0 Å². The van der Waals surface area contributed by atoms with Crippen LogP contribution in [-0.2, 0) is 0 Å². The highest BCUT2D eigenvalue weighted by molar-refractivity contribution is 6.04. The molecule has 1 aliphatic rings. The van der Waals surface area contributed by atoms with E-state index in [1.54, 1.807) is 36.4 Å². The van der Waals surface area contributed by atoms with E-state index < -0.39 is 6.10 Å². The van der Waals surface area contributed by atoms with E-state index in [4.69, 9.17) is 9.47 Å². The molecule has 0 fully saturated rings. The number of hydrogen-bond acceptors (Lipinski definition) is 6. The van der Waals surface area contributed by atoms with Crippen LogP contribution in [0.3, 0.4) is 0 Å². The second-order valence-electron chi connectivity index (χ2n) is 8.53. The lowest BCUT2D eigenvalue weighted by Crippen LogP contribution is -2.28. The van der Waals surface area contributed by atoms with E-state index in [1.165, 1.54) is 6.20 Å². The Bertz CT molecular complexity index is 1450. The largest absolute Gasteiger partial charge is 0.486 e. The normalized spacial score (nSPS) is 13.2. The standard InChI is InChI=1S/C28H25N3O5/c1-17-6-8-21(31-28(34)19-7-9-25-26(13-19)36-11-10-35-25)14-22(17)24(32)16-30-27(33)20-12-18-4-2-3-5-23(18)29-15-20/h2-9,12-15,24,32H,10-11,16H2,1H3,(H,30,33)(H,31,34). The molecule has 0 radical (unpaired) electrons. The first-order valence-corrected chi connectivity index (χ1v) is 11.6. The summed E-state index contributed by atoms with van der Waals surface area (Å²) in [5, 5.41) is 17.3. The van der Waals surface area contributed by atoms with Crippen molar-refractivity contribution in [2.75, 3.05) is 25.1 Å². The number of carbonyl (C=O) groups is 2. The molecule has 8 heteroatoms.